The van der Waals surface area contributed by atoms with Crippen LogP contribution in [-0.4, -0.2) is 43.8 Å². The zero-order chi connectivity index (χ0) is 27.0. The molecule has 0 unspecified atom stereocenters. The molecular weight excluding hydrogens is 510 g/mol. The molecule has 3 rings (SSSR count). The van der Waals surface area contributed by atoms with Crippen molar-refractivity contribution in [2.75, 3.05) is 10.8 Å². The van der Waals surface area contributed by atoms with E-state index in [1.807, 2.05) is 44.2 Å². The van der Waals surface area contributed by atoms with Crippen LogP contribution in [0.5, 0.6) is 0 Å². The van der Waals surface area contributed by atoms with Crippen LogP contribution in [0, 0.1) is 0 Å². The van der Waals surface area contributed by atoms with Crippen LogP contribution in [0.2, 0.25) is 5.02 Å². The van der Waals surface area contributed by atoms with Crippen LogP contribution in [0.15, 0.2) is 89.8 Å². The molecule has 2 amide bonds. The number of hydrogen-bond acceptors (Lipinski definition) is 4. The lowest BCUT2D eigenvalue weighted by Crippen LogP contribution is -2.52. The second-order valence-corrected chi connectivity index (χ2v) is 11.0. The first-order valence-electron chi connectivity index (χ1n) is 12.1. The molecule has 3 aromatic rings. The first-order chi connectivity index (χ1) is 17.6. The molecule has 3 aromatic carbocycles. The zero-order valence-corrected chi connectivity index (χ0v) is 22.7. The number of carbonyl (C=O) groups excluding carboxylic acids is 2. The van der Waals surface area contributed by atoms with Gasteiger partial charge in [-0.25, -0.2) is 8.42 Å². The lowest BCUT2D eigenvalue weighted by molar-refractivity contribution is -0.139. The molecule has 0 radical (unpaired) electrons. The van der Waals surface area contributed by atoms with E-state index in [0.29, 0.717) is 0 Å². The molecule has 0 aliphatic rings. The average Bonchev–Trinajstić information content (AvgIpc) is 2.91. The number of nitrogens with zero attached hydrogens (tertiary/aromatic N) is 2. The van der Waals surface area contributed by atoms with Crippen molar-refractivity contribution >= 4 is 39.1 Å². The van der Waals surface area contributed by atoms with Gasteiger partial charge in [0, 0.05) is 12.6 Å². The Morgan fingerprint density at radius 3 is 2.05 bits per heavy atom. The van der Waals surface area contributed by atoms with Crippen molar-refractivity contribution in [2.24, 2.45) is 0 Å². The Morgan fingerprint density at radius 1 is 0.892 bits per heavy atom. The number of benzene rings is 3. The van der Waals surface area contributed by atoms with Crippen molar-refractivity contribution < 1.29 is 18.0 Å². The van der Waals surface area contributed by atoms with Gasteiger partial charge in [-0.15, -0.1) is 0 Å². The van der Waals surface area contributed by atoms with Gasteiger partial charge in [0.15, 0.2) is 0 Å². The second-order valence-electron chi connectivity index (χ2n) is 8.78. The number of rotatable bonds is 11. The first kappa shape index (κ1) is 28.2. The molecule has 0 aromatic heterocycles. The van der Waals surface area contributed by atoms with E-state index in [9.17, 15) is 18.0 Å². The molecule has 0 spiro atoms. The largest absolute Gasteiger partial charge is 0.352 e. The summed E-state index contributed by atoms with van der Waals surface area (Å²) in [5, 5.41) is 3.10. The lowest BCUT2D eigenvalue weighted by Gasteiger charge is -2.32. The fourth-order valence-corrected chi connectivity index (χ4v) is 5.46. The SMILES string of the molecule is CC[C@@H](C)NC(=O)[C@@H](C)N(Cc1ccccc1)C(=O)CN(c1ccccc1Cl)S(=O)(=O)c1ccccc1. The van der Waals surface area contributed by atoms with E-state index in [0.717, 1.165) is 16.3 Å². The fraction of sp³-hybridized carbons (Fsp3) is 0.286. The van der Waals surface area contributed by atoms with Gasteiger partial charge in [-0.1, -0.05) is 79.2 Å². The molecule has 0 bridgehead atoms. The number of hydrogen-bond donors (Lipinski definition) is 1. The van der Waals surface area contributed by atoms with Crippen LogP contribution in [-0.2, 0) is 26.2 Å². The highest BCUT2D eigenvalue weighted by Gasteiger charge is 2.33. The number of nitrogens with one attached hydrogen (secondary N) is 1. The van der Waals surface area contributed by atoms with Gasteiger partial charge in [0.1, 0.15) is 12.6 Å². The fourth-order valence-electron chi connectivity index (χ4n) is 3.72. The first-order valence-corrected chi connectivity index (χ1v) is 13.9. The maximum atomic E-state index is 13.8. The summed E-state index contributed by atoms with van der Waals surface area (Å²) >= 11 is 6.40. The van der Waals surface area contributed by atoms with Gasteiger partial charge in [0.05, 0.1) is 15.6 Å². The van der Waals surface area contributed by atoms with E-state index in [1.165, 1.54) is 17.0 Å². The standard InChI is InChI=1S/C28H32ClN3O4S/c1-4-21(2)30-28(34)22(3)31(19-23-13-7-5-8-14-23)27(33)20-32(26-18-12-11-17-25(26)29)37(35,36)24-15-9-6-10-16-24/h5-18,21-22H,4,19-20H2,1-3H3,(H,30,34)/t21-,22-/m1/s1. The smallest absolute Gasteiger partial charge is 0.264 e. The van der Waals surface area contributed by atoms with Crippen LogP contribution in [0.25, 0.3) is 0 Å². The van der Waals surface area contributed by atoms with Crippen molar-refractivity contribution in [1.29, 1.82) is 0 Å². The average molecular weight is 542 g/mol. The minimum absolute atomic E-state index is 0.0277. The van der Waals surface area contributed by atoms with Gasteiger partial charge < -0.3 is 10.2 Å². The maximum absolute atomic E-state index is 13.8. The van der Waals surface area contributed by atoms with E-state index < -0.39 is 28.5 Å². The van der Waals surface area contributed by atoms with Crippen molar-refractivity contribution in [3.63, 3.8) is 0 Å². The predicted molar refractivity (Wildman–Crippen MR) is 147 cm³/mol. The second kappa shape index (κ2) is 12.7. The third kappa shape index (κ3) is 7.11. The third-order valence-corrected chi connectivity index (χ3v) is 8.19. The summed E-state index contributed by atoms with van der Waals surface area (Å²) in [6, 6.07) is 22.7. The third-order valence-electron chi connectivity index (χ3n) is 6.10. The Kier molecular flexibility index (Phi) is 9.72. The highest BCUT2D eigenvalue weighted by atomic mass is 35.5. The van der Waals surface area contributed by atoms with Gasteiger partial charge >= 0.3 is 0 Å². The molecule has 1 N–H and O–H groups in total. The molecule has 196 valence electrons. The van der Waals surface area contributed by atoms with Gasteiger partial charge in [-0.2, -0.15) is 0 Å². The van der Waals surface area contributed by atoms with E-state index in [4.69, 9.17) is 11.6 Å². The van der Waals surface area contributed by atoms with Crippen molar-refractivity contribution in [2.45, 2.75) is 50.7 Å². The molecule has 0 aliphatic carbocycles. The molecule has 7 nitrogen and oxygen atoms in total. The number of anilines is 1. The van der Waals surface area contributed by atoms with Gasteiger partial charge in [0.25, 0.3) is 10.0 Å². The van der Waals surface area contributed by atoms with E-state index in [2.05, 4.69) is 5.32 Å². The van der Waals surface area contributed by atoms with Crippen molar-refractivity contribution in [3.8, 4) is 0 Å². The molecule has 0 saturated carbocycles. The monoisotopic (exact) mass is 541 g/mol. The summed E-state index contributed by atoms with van der Waals surface area (Å²) in [6.45, 7) is 5.09. The number of sulfonamides is 1. The van der Waals surface area contributed by atoms with Crippen LogP contribution in [0.3, 0.4) is 0 Å². The normalized spacial score (nSPS) is 12.9. The number of amides is 2. The van der Waals surface area contributed by atoms with E-state index >= 15 is 0 Å². The van der Waals surface area contributed by atoms with Crippen LogP contribution in [0.4, 0.5) is 5.69 Å². The minimum atomic E-state index is -4.15. The molecule has 0 heterocycles. The number of carbonyl (C=O) groups is 2. The Balaban J connectivity index is 2.01. The van der Waals surface area contributed by atoms with Gasteiger partial charge in [-0.05, 0) is 50.1 Å². The molecule has 2 atom stereocenters. The molecule has 9 heteroatoms. The lowest BCUT2D eigenvalue weighted by atomic mass is 10.1. The van der Waals surface area contributed by atoms with E-state index in [1.54, 1.807) is 49.4 Å². The maximum Gasteiger partial charge on any atom is 0.264 e. The quantitative estimate of drug-likeness (QED) is 0.375. The Bertz CT molecular complexity index is 1300. The van der Waals surface area contributed by atoms with Gasteiger partial charge in [-0.3, -0.25) is 13.9 Å². The number of halogens is 1. The van der Waals surface area contributed by atoms with Crippen molar-refractivity contribution in [1.82, 2.24) is 10.2 Å². The highest BCUT2D eigenvalue weighted by molar-refractivity contribution is 7.92. The van der Waals surface area contributed by atoms with Gasteiger partial charge in [0.2, 0.25) is 11.8 Å². The topological polar surface area (TPSA) is 86.8 Å². The summed E-state index contributed by atoms with van der Waals surface area (Å²) < 4.78 is 28.4. The number of para-hydroxylation sites is 1. The molecule has 0 fully saturated rings. The predicted octanol–water partition coefficient (Wildman–Crippen LogP) is 4.87. The molecule has 0 saturated heterocycles. The Morgan fingerprint density at radius 2 is 1.46 bits per heavy atom. The minimum Gasteiger partial charge on any atom is -0.352 e. The Hall–Kier alpha value is -3.36. The molecule has 0 aliphatic heterocycles. The summed E-state index contributed by atoms with van der Waals surface area (Å²) in [7, 11) is -4.15. The summed E-state index contributed by atoms with van der Waals surface area (Å²) in [5.41, 5.74) is 0.993. The van der Waals surface area contributed by atoms with Crippen molar-refractivity contribution in [3.05, 3.63) is 95.5 Å². The van der Waals surface area contributed by atoms with Crippen LogP contribution in [0.1, 0.15) is 32.8 Å². The zero-order valence-electron chi connectivity index (χ0n) is 21.2. The van der Waals surface area contributed by atoms with E-state index in [-0.39, 0.29) is 34.1 Å². The summed E-state index contributed by atoms with van der Waals surface area (Å²) in [6.07, 6.45) is 0.737. The molecular formula is C28H32ClN3O4S. The summed E-state index contributed by atoms with van der Waals surface area (Å²) in [4.78, 5) is 28.3. The Labute approximate surface area is 224 Å². The highest BCUT2D eigenvalue weighted by Crippen LogP contribution is 2.30. The van der Waals surface area contributed by atoms with Crippen LogP contribution < -0.4 is 9.62 Å². The molecule has 37 heavy (non-hydrogen) atoms. The summed E-state index contributed by atoms with van der Waals surface area (Å²) in [5.74, 6) is -0.844. The van der Waals surface area contributed by atoms with Crippen LogP contribution >= 0.6 is 11.6 Å².